The zero-order valence-corrected chi connectivity index (χ0v) is 10.4. The van der Waals surface area contributed by atoms with Crippen LogP contribution in [0.15, 0.2) is 0 Å². The summed E-state index contributed by atoms with van der Waals surface area (Å²) >= 11 is 0. The van der Waals surface area contributed by atoms with Crippen molar-refractivity contribution in [3.8, 4) is 0 Å². The Kier molecular flexibility index (Phi) is 11.8. The minimum absolute atomic E-state index is 0.794. The number of nitrogens with zero attached hydrogens (tertiary/aromatic N) is 1. The van der Waals surface area contributed by atoms with Gasteiger partial charge >= 0.3 is 0 Å². The molecule has 0 aliphatic heterocycles. The summed E-state index contributed by atoms with van der Waals surface area (Å²) in [4.78, 5) is 2.12. The first-order chi connectivity index (χ1) is 7.27. The van der Waals surface area contributed by atoms with Crippen molar-refractivity contribution in [1.29, 1.82) is 0 Å². The average molecular weight is 218 g/mol. The average Bonchev–Trinajstić information content (AvgIpc) is 2.20. The highest BCUT2D eigenvalue weighted by Crippen LogP contribution is 1.81. The number of rotatable bonds is 11. The lowest BCUT2D eigenvalue weighted by atomic mass is 10.4. The lowest BCUT2D eigenvalue weighted by Gasteiger charge is -2.10. The van der Waals surface area contributed by atoms with Crippen LogP contribution in [0.25, 0.3) is 0 Å². The fourth-order valence-electron chi connectivity index (χ4n) is 1.06. The van der Waals surface area contributed by atoms with E-state index >= 15 is 0 Å². The Morgan fingerprint density at radius 3 is 2.47 bits per heavy atom. The van der Waals surface area contributed by atoms with Gasteiger partial charge in [-0.3, -0.25) is 0 Å². The molecule has 1 N–H and O–H groups in total. The van der Waals surface area contributed by atoms with Gasteiger partial charge in [-0.15, -0.1) is 0 Å². The molecule has 0 rings (SSSR count). The van der Waals surface area contributed by atoms with Gasteiger partial charge in [-0.05, 0) is 34.0 Å². The Hall–Kier alpha value is -0.160. The van der Waals surface area contributed by atoms with E-state index in [4.69, 9.17) is 9.47 Å². The van der Waals surface area contributed by atoms with Crippen molar-refractivity contribution in [1.82, 2.24) is 10.2 Å². The standard InChI is InChI=1S/C11H26N2O2/c1-4-14-9-5-6-12-7-10-15-11-8-13(2)3/h12H,4-11H2,1-3H3. The molecule has 0 saturated carbocycles. The van der Waals surface area contributed by atoms with Crippen molar-refractivity contribution in [3.63, 3.8) is 0 Å². The Bertz CT molecular complexity index is 121. The van der Waals surface area contributed by atoms with Crippen molar-refractivity contribution >= 4 is 0 Å². The first kappa shape index (κ1) is 14.8. The molecule has 0 fully saturated rings. The van der Waals surface area contributed by atoms with Crippen LogP contribution in [-0.2, 0) is 9.47 Å². The van der Waals surface area contributed by atoms with Crippen LogP contribution < -0.4 is 5.32 Å². The van der Waals surface area contributed by atoms with Gasteiger partial charge in [-0.1, -0.05) is 0 Å². The van der Waals surface area contributed by atoms with Gasteiger partial charge in [0.2, 0.25) is 0 Å². The molecule has 0 heterocycles. The van der Waals surface area contributed by atoms with E-state index in [1.54, 1.807) is 0 Å². The molecule has 0 spiro atoms. The number of hydrogen-bond acceptors (Lipinski definition) is 4. The van der Waals surface area contributed by atoms with Crippen LogP contribution in [0.4, 0.5) is 0 Å². The molecular weight excluding hydrogens is 192 g/mol. The maximum Gasteiger partial charge on any atom is 0.0593 e. The second-order valence-electron chi connectivity index (χ2n) is 3.72. The molecule has 0 unspecified atom stereocenters. The number of ether oxygens (including phenoxy) is 2. The molecule has 15 heavy (non-hydrogen) atoms. The third-order valence-corrected chi connectivity index (χ3v) is 1.95. The SMILES string of the molecule is CCOCCCNCCOCCN(C)C. The Morgan fingerprint density at radius 1 is 1.00 bits per heavy atom. The smallest absolute Gasteiger partial charge is 0.0593 e. The lowest BCUT2D eigenvalue weighted by Crippen LogP contribution is -2.24. The van der Waals surface area contributed by atoms with E-state index < -0.39 is 0 Å². The highest BCUT2D eigenvalue weighted by molar-refractivity contribution is 4.47. The maximum absolute atomic E-state index is 5.44. The van der Waals surface area contributed by atoms with Gasteiger partial charge in [0.25, 0.3) is 0 Å². The van der Waals surface area contributed by atoms with Crippen LogP contribution in [0.1, 0.15) is 13.3 Å². The van der Waals surface area contributed by atoms with Gasteiger partial charge in [0.15, 0.2) is 0 Å². The second-order valence-corrected chi connectivity index (χ2v) is 3.72. The van der Waals surface area contributed by atoms with E-state index in [-0.39, 0.29) is 0 Å². The molecule has 0 amide bonds. The van der Waals surface area contributed by atoms with E-state index in [1.165, 1.54) is 0 Å². The van der Waals surface area contributed by atoms with Crippen LogP contribution in [0, 0.1) is 0 Å². The molecule has 0 atom stereocenters. The third-order valence-electron chi connectivity index (χ3n) is 1.95. The molecular formula is C11H26N2O2. The minimum Gasteiger partial charge on any atom is -0.382 e. The summed E-state index contributed by atoms with van der Waals surface area (Å²) in [6.07, 6.45) is 1.07. The molecule has 0 aromatic carbocycles. The highest BCUT2D eigenvalue weighted by Gasteiger charge is 1.91. The summed E-state index contributed by atoms with van der Waals surface area (Å²) < 4.78 is 10.7. The molecule has 0 aliphatic carbocycles. The van der Waals surface area contributed by atoms with Gasteiger partial charge in [0.05, 0.1) is 13.2 Å². The van der Waals surface area contributed by atoms with Gasteiger partial charge < -0.3 is 19.7 Å². The van der Waals surface area contributed by atoms with Gasteiger partial charge in [0.1, 0.15) is 0 Å². The van der Waals surface area contributed by atoms with E-state index in [1.807, 2.05) is 6.92 Å². The number of hydrogen-bond donors (Lipinski definition) is 1. The Balaban J connectivity index is 2.87. The molecule has 4 heteroatoms. The quantitative estimate of drug-likeness (QED) is 0.514. The minimum atomic E-state index is 0.794. The summed E-state index contributed by atoms with van der Waals surface area (Å²) in [7, 11) is 4.10. The van der Waals surface area contributed by atoms with E-state index in [9.17, 15) is 0 Å². The second kappa shape index (κ2) is 11.9. The third kappa shape index (κ3) is 13.8. The number of nitrogens with one attached hydrogen (secondary N) is 1. The van der Waals surface area contributed by atoms with Crippen molar-refractivity contribution in [2.75, 3.05) is 60.2 Å². The summed E-state index contributed by atoms with van der Waals surface area (Å²) in [6.45, 7) is 8.22. The fraction of sp³-hybridized carbons (Fsp3) is 1.00. The zero-order chi connectivity index (χ0) is 11.4. The molecule has 92 valence electrons. The zero-order valence-electron chi connectivity index (χ0n) is 10.4. The van der Waals surface area contributed by atoms with Crippen LogP contribution >= 0.6 is 0 Å². The van der Waals surface area contributed by atoms with E-state index in [2.05, 4.69) is 24.3 Å². The van der Waals surface area contributed by atoms with Crippen LogP contribution in [0.3, 0.4) is 0 Å². The molecule has 0 bridgehead atoms. The predicted octanol–water partition coefficient (Wildman–Crippen LogP) is 0.581. The van der Waals surface area contributed by atoms with Crippen molar-refractivity contribution in [2.45, 2.75) is 13.3 Å². The molecule has 0 aromatic heterocycles. The maximum atomic E-state index is 5.44. The topological polar surface area (TPSA) is 33.7 Å². The Labute approximate surface area is 93.9 Å². The van der Waals surface area contributed by atoms with Crippen molar-refractivity contribution < 1.29 is 9.47 Å². The lowest BCUT2D eigenvalue weighted by molar-refractivity contribution is 0.117. The first-order valence-corrected chi connectivity index (χ1v) is 5.78. The monoisotopic (exact) mass is 218 g/mol. The molecule has 0 aromatic rings. The van der Waals surface area contributed by atoms with Crippen LogP contribution in [0.5, 0.6) is 0 Å². The Morgan fingerprint density at radius 2 is 1.80 bits per heavy atom. The molecule has 4 nitrogen and oxygen atoms in total. The predicted molar refractivity (Wildman–Crippen MR) is 63.4 cm³/mol. The number of likely N-dealkylation sites (N-methyl/N-ethyl adjacent to an activating group) is 1. The summed E-state index contributed by atoms with van der Waals surface area (Å²) in [6, 6.07) is 0. The van der Waals surface area contributed by atoms with E-state index in [0.717, 1.165) is 52.5 Å². The van der Waals surface area contributed by atoms with Gasteiger partial charge in [-0.25, -0.2) is 0 Å². The van der Waals surface area contributed by atoms with Crippen LogP contribution in [0.2, 0.25) is 0 Å². The first-order valence-electron chi connectivity index (χ1n) is 5.78. The van der Waals surface area contributed by atoms with Gasteiger partial charge in [0, 0.05) is 26.3 Å². The normalized spacial score (nSPS) is 11.2. The van der Waals surface area contributed by atoms with Crippen molar-refractivity contribution in [2.24, 2.45) is 0 Å². The van der Waals surface area contributed by atoms with E-state index in [0.29, 0.717) is 0 Å². The molecule has 0 saturated heterocycles. The fourth-order valence-corrected chi connectivity index (χ4v) is 1.06. The summed E-state index contributed by atoms with van der Waals surface area (Å²) in [5.74, 6) is 0. The van der Waals surface area contributed by atoms with Gasteiger partial charge in [-0.2, -0.15) is 0 Å². The highest BCUT2D eigenvalue weighted by atomic mass is 16.5. The largest absolute Gasteiger partial charge is 0.382 e. The van der Waals surface area contributed by atoms with Crippen LogP contribution in [-0.4, -0.2) is 65.1 Å². The molecule has 0 radical (unpaired) electrons. The summed E-state index contributed by atoms with van der Waals surface area (Å²) in [5.41, 5.74) is 0. The van der Waals surface area contributed by atoms with Crippen molar-refractivity contribution in [3.05, 3.63) is 0 Å². The summed E-state index contributed by atoms with van der Waals surface area (Å²) in [5, 5.41) is 3.31. The molecule has 0 aliphatic rings.